The highest BCUT2D eigenvalue weighted by Crippen LogP contribution is 2.28. The molecule has 0 radical (unpaired) electrons. The number of likely N-dealkylation sites (tertiary alicyclic amines) is 1. The van der Waals surface area contributed by atoms with E-state index < -0.39 is 0 Å². The summed E-state index contributed by atoms with van der Waals surface area (Å²) >= 11 is 0. The Labute approximate surface area is 134 Å². The van der Waals surface area contributed by atoms with Gasteiger partial charge in [-0.2, -0.15) is 15.4 Å². The second kappa shape index (κ2) is 6.33. The van der Waals surface area contributed by atoms with Crippen LogP contribution in [0.2, 0.25) is 0 Å². The summed E-state index contributed by atoms with van der Waals surface area (Å²) in [7, 11) is 5.51. The lowest BCUT2D eigenvalue weighted by atomic mass is 10.0. The van der Waals surface area contributed by atoms with E-state index in [2.05, 4.69) is 20.4 Å². The lowest BCUT2D eigenvalue weighted by Crippen LogP contribution is -2.30. The minimum atomic E-state index is -0.0962. The van der Waals surface area contributed by atoms with Gasteiger partial charge in [0.25, 0.3) is 5.91 Å². The monoisotopic (exact) mass is 316 g/mol. The maximum absolute atomic E-state index is 12.7. The van der Waals surface area contributed by atoms with E-state index in [0.717, 1.165) is 11.4 Å². The van der Waals surface area contributed by atoms with Crippen molar-refractivity contribution >= 4 is 11.6 Å². The molecule has 3 heterocycles. The Morgan fingerprint density at radius 2 is 2.26 bits per heavy atom. The van der Waals surface area contributed by atoms with E-state index in [1.165, 1.54) is 0 Å². The number of amides is 1. The summed E-state index contributed by atoms with van der Waals surface area (Å²) in [6.45, 7) is 1.05. The minimum absolute atomic E-state index is 0.0136. The summed E-state index contributed by atoms with van der Waals surface area (Å²) in [4.78, 5) is 20.7. The fraction of sp³-hybridized carbons (Fsp3) is 0.467. The van der Waals surface area contributed by atoms with Gasteiger partial charge in [-0.1, -0.05) is 0 Å². The van der Waals surface area contributed by atoms with E-state index in [-0.39, 0.29) is 17.9 Å². The van der Waals surface area contributed by atoms with Crippen molar-refractivity contribution in [3.8, 4) is 0 Å². The van der Waals surface area contributed by atoms with Gasteiger partial charge in [-0.25, -0.2) is 0 Å². The van der Waals surface area contributed by atoms with Gasteiger partial charge in [0.1, 0.15) is 5.69 Å². The van der Waals surface area contributed by atoms with Gasteiger partial charge < -0.3 is 14.5 Å². The van der Waals surface area contributed by atoms with E-state index >= 15 is 0 Å². The summed E-state index contributed by atoms with van der Waals surface area (Å²) < 4.78 is 5.52. The maximum Gasteiger partial charge on any atom is 0.272 e. The van der Waals surface area contributed by atoms with Crippen LogP contribution in [-0.4, -0.2) is 71.6 Å². The SMILES string of the molecule is CO[C@@H]1CN(C(=O)c2cc(N(C)C)ccn2)C[C@H]1c1cn[nH]n1. The summed E-state index contributed by atoms with van der Waals surface area (Å²) in [6.07, 6.45) is 3.23. The predicted octanol–water partition coefficient (Wildman–Crippen LogP) is 0.520. The topological polar surface area (TPSA) is 87.2 Å². The number of ether oxygens (including phenoxy) is 1. The molecular formula is C15H20N6O2. The molecule has 8 heteroatoms. The van der Waals surface area contributed by atoms with Gasteiger partial charge in [0.05, 0.1) is 23.9 Å². The highest BCUT2D eigenvalue weighted by atomic mass is 16.5. The first kappa shape index (κ1) is 15.4. The van der Waals surface area contributed by atoms with Crippen LogP contribution in [0.5, 0.6) is 0 Å². The molecule has 3 rings (SSSR count). The van der Waals surface area contributed by atoms with Crippen molar-refractivity contribution in [3.63, 3.8) is 0 Å². The zero-order valence-corrected chi connectivity index (χ0v) is 13.4. The van der Waals surface area contributed by atoms with Crippen LogP contribution in [0.15, 0.2) is 24.5 Å². The number of nitrogens with zero attached hydrogens (tertiary/aromatic N) is 5. The second-order valence-corrected chi connectivity index (χ2v) is 5.78. The van der Waals surface area contributed by atoms with Crippen LogP contribution >= 0.6 is 0 Å². The molecular weight excluding hydrogens is 296 g/mol. The van der Waals surface area contributed by atoms with Gasteiger partial charge in [-0.15, -0.1) is 0 Å². The molecule has 1 aliphatic rings. The number of carbonyl (C=O) groups excluding carboxylic acids is 1. The van der Waals surface area contributed by atoms with Crippen LogP contribution in [0.3, 0.4) is 0 Å². The summed E-state index contributed by atoms with van der Waals surface area (Å²) in [5.41, 5.74) is 2.19. The molecule has 122 valence electrons. The number of hydrogen-bond donors (Lipinski definition) is 1. The van der Waals surface area contributed by atoms with Crippen LogP contribution in [0, 0.1) is 0 Å². The number of H-pyrrole nitrogens is 1. The molecule has 0 bridgehead atoms. The largest absolute Gasteiger partial charge is 0.379 e. The number of pyridine rings is 1. The number of carbonyl (C=O) groups is 1. The molecule has 0 spiro atoms. The Bertz CT molecular complexity index is 672. The highest BCUT2D eigenvalue weighted by Gasteiger charge is 2.38. The molecule has 8 nitrogen and oxygen atoms in total. The lowest BCUT2D eigenvalue weighted by Gasteiger charge is -2.17. The zero-order chi connectivity index (χ0) is 16.4. The first-order valence-corrected chi connectivity index (χ1v) is 7.41. The van der Waals surface area contributed by atoms with Gasteiger partial charge in [0.15, 0.2) is 0 Å². The summed E-state index contributed by atoms with van der Waals surface area (Å²) in [5.74, 6) is -0.0820. The first-order valence-electron chi connectivity index (χ1n) is 7.41. The second-order valence-electron chi connectivity index (χ2n) is 5.78. The van der Waals surface area contributed by atoms with Crippen LogP contribution in [0.25, 0.3) is 0 Å². The standard InChI is InChI=1S/C15H20N6O2/c1-20(2)10-4-5-16-12(6-10)15(22)21-8-11(14(9-21)23-3)13-7-17-19-18-13/h4-7,11,14H,8-9H2,1-3H3,(H,17,18,19)/t11-,14+/m0/s1. The van der Waals surface area contributed by atoms with E-state index in [1.807, 2.05) is 25.1 Å². The summed E-state index contributed by atoms with van der Waals surface area (Å²) in [6, 6.07) is 3.67. The number of rotatable bonds is 4. The maximum atomic E-state index is 12.7. The quantitative estimate of drug-likeness (QED) is 0.885. The Balaban J connectivity index is 1.79. The summed E-state index contributed by atoms with van der Waals surface area (Å²) in [5, 5.41) is 10.6. The Morgan fingerprint density at radius 1 is 1.43 bits per heavy atom. The van der Waals surface area contributed by atoms with Crippen molar-refractivity contribution in [2.24, 2.45) is 0 Å². The van der Waals surface area contributed by atoms with E-state index in [1.54, 1.807) is 30.5 Å². The molecule has 2 atom stereocenters. The molecule has 2 aromatic rings. The van der Waals surface area contributed by atoms with Gasteiger partial charge >= 0.3 is 0 Å². The smallest absolute Gasteiger partial charge is 0.272 e. The number of nitrogens with one attached hydrogen (secondary N) is 1. The minimum Gasteiger partial charge on any atom is -0.379 e. The molecule has 0 saturated carbocycles. The normalized spacial score (nSPS) is 20.7. The number of methoxy groups -OCH3 is 1. The van der Waals surface area contributed by atoms with Crippen LogP contribution in [0.4, 0.5) is 5.69 Å². The van der Waals surface area contributed by atoms with E-state index in [4.69, 9.17) is 4.74 Å². The van der Waals surface area contributed by atoms with Crippen molar-refractivity contribution in [1.82, 2.24) is 25.3 Å². The highest BCUT2D eigenvalue weighted by molar-refractivity contribution is 5.93. The first-order chi connectivity index (χ1) is 11.1. The molecule has 1 aliphatic heterocycles. The molecule has 1 N–H and O–H groups in total. The zero-order valence-electron chi connectivity index (χ0n) is 13.4. The molecule has 0 aliphatic carbocycles. The Hall–Kier alpha value is -2.48. The lowest BCUT2D eigenvalue weighted by molar-refractivity contribution is 0.0709. The van der Waals surface area contributed by atoms with Gasteiger partial charge in [0, 0.05) is 46.2 Å². The Kier molecular flexibility index (Phi) is 4.24. The molecule has 1 fully saturated rings. The van der Waals surface area contributed by atoms with Gasteiger partial charge in [-0.05, 0) is 12.1 Å². The van der Waals surface area contributed by atoms with Gasteiger partial charge in [-0.3, -0.25) is 9.78 Å². The third-order valence-electron chi connectivity index (χ3n) is 4.15. The number of aromatic nitrogens is 4. The van der Waals surface area contributed by atoms with Crippen molar-refractivity contribution in [1.29, 1.82) is 0 Å². The van der Waals surface area contributed by atoms with Crippen LogP contribution in [-0.2, 0) is 4.74 Å². The molecule has 1 amide bonds. The number of hydrogen-bond acceptors (Lipinski definition) is 6. The third-order valence-corrected chi connectivity index (χ3v) is 4.15. The predicted molar refractivity (Wildman–Crippen MR) is 84.4 cm³/mol. The average Bonchev–Trinajstić information content (AvgIpc) is 3.23. The molecule has 0 unspecified atom stereocenters. The molecule has 2 aromatic heterocycles. The van der Waals surface area contributed by atoms with Gasteiger partial charge in [0.2, 0.25) is 0 Å². The Morgan fingerprint density at radius 3 is 2.91 bits per heavy atom. The average molecular weight is 316 g/mol. The van der Waals surface area contributed by atoms with Crippen molar-refractivity contribution in [2.45, 2.75) is 12.0 Å². The molecule has 1 saturated heterocycles. The molecule has 23 heavy (non-hydrogen) atoms. The number of aromatic amines is 1. The van der Waals surface area contributed by atoms with Crippen molar-refractivity contribution < 1.29 is 9.53 Å². The number of anilines is 1. The third kappa shape index (κ3) is 3.02. The van der Waals surface area contributed by atoms with Crippen LogP contribution in [0.1, 0.15) is 22.1 Å². The van der Waals surface area contributed by atoms with E-state index in [9.17, 15) is 4.79 Å². The molecule has 0 aromatic carbocycles. The van der Waals surface area contributed by atoms with Crippen molar-refractivity contribution in [2.75, 3.05) is 39.2 Å². The van der Waals surface area contributed by atoms with E-state index in [0.29, 0.717) is 18.8 Å². The fourth-order valence-corrected chi connectivity index (χ4v) is 2.83. The van der Waals surface area contributed by atoms with Crippen molar-refractivity contribution in [3.05, 3.63) is 35.9 Å². The van der Waals surface area contributed by atoms with Crippen LogP contribution < -0.4 is 4.90 Å². The fourth-order valence-electron chi connectivity index (χ4n) is 2.83.